The number of anilines is 2. The van der Waals surface area contributed by atoms with Crippen LogP contribution in [0.1, 0.15) is 215 Å². The first kappa shape index (κ1) is 116. The predicted octanol–water partition coefficient (Wildman–Crippen LogP) is 10.8. The highest BCUT2D eigenvalue weighted by atomic mass is 16.7. The zero-order chi connectivity index (χ0) is 97.8. The van der Waals surface area contributed by atoms with Crippen LogP contribution in [0.3, 0.4) is 0 Å². The minimum absolute atomic E-state index is 0. The normalized spacial score (nSPS) is 21.4. The number of esters is 2. The molecule has 0 aliphatic carbocycles. The second-order valence-electron chi connectivity index (χ2n) is 35.2. The van der Waals surface area contributed by atoms with Crippen LogP contribution in [0.2, 0.25) is 0 Å². The second-order valence-corrected chi connectivity index (χ2v) is 35.2. The quantitative estimate of drug-likeness (QED) is 0.0159. The lowest BCUT2D eigenvalue weighted by molar-refractivity contribution is -0.243. The molecule has 3 aliphatic heterocycles. The Morgan fingerprint density at radius 3 is 1.50 bits per heavy atom. The van der Waals surface area contributed by atoms with Crippen molar-refractivity contribution in [1.29, 1.82) is 0 Å². The van der Waals surface area contributed by atoms with Gasteiger partial charge in [0.05, 0.1) is 73.6 Å². The number of aliphatic hydroxyl groups excluding tert-OH is 2. The van der Waals surface area contributed by atoms with Gasteiger partial charge in [-0.3, -0.25) is 48.0 Å². The number of ketones is 1. The molecule has 10 unspecified atom stereocenters. The summed E-state index contributed by atoms with van der Waals surface area (Å²) in [6, 6.07) is 15.6. The first-order valence-corrected chi connectivity index (χ1v) is 43.1. The summed E-state index contributed by atoms with van der Waals surface area (Å²) >= 11 is 0. The molecule has 38 heteroatoms. The van der Waals surface area contributed by atoms with Gasteiger partial charge in [0.25, 0.3) is 11.8 Å². The first-order chi connectivity index (χ1) is 60.4. The highest BCUT2D eigenvalue weighted by Gasteiger charge is 2.48. The number of methoxy groups -OCH3 is 2. The minimum Gasteiger partial charge on any atom is -0.460 e. The number of hydrogen-bond acceptors (Lipinski definition) is 30. The topological polar surface area (TPSA) is 486 Å². The van der Waals surface area contributed by atoms with Gasteiger partial charge in [-0.05, 0) is 147 Å². The molecular formula is C92H142N8O30. The van der Waals surface area contributed by atoms with Gasteiger partial charge in [0.1, 0.15) is 29.3 Å². The van der Waals surface area contributed by atoms with E-state index in [1.807, 2.05) is 92.9 Å². The van der Waals surface area contributed by atoms with Crippen LogP contribution in [-0.4, -0.2) is 235 Å². The summed E-state index contributed by atoms with van der Waals surface area (Å²) in [6.45, 7) is 37.8. The molecule has 7 N–H and O–H groups in total. The first-order valence-electron chi connectivity index (χ1n) is 43.1. The Bertz CT molecular complexity index is 4170. The Balaban J connectivity index is 0.00000113. The average molecular weight is 1840 g/mol. The van der Waals surface area contributed by atoms with Crippen molar-refractivity contribution in [2.24, 2.45) is 53.3 Å². The van der Waals surface area contributed by atoms with Crippen LogP contribution in [0.15, 0.2) is 66.7 Å². The van der Waals surface area contributed by atoms with E-state index in [0.29, 0.717) is 48.4 Å². The fourth-order valence-electron chi connectivity index (χ4n) is 15.3. The van der Waals surface area contributed by atoms with Crippen molar-refractivity contribution in [3.05, 3.63) is 83.4 Å². The molecule has 8 amide bonds. The van der Waals surface area contributed by atoms with Crippen LogP contribution < -0.4 is 36.4 Å². The lowest BCUT2D eigenvalue weighted by Crippen LogP contribution is -2.55. The molecule has 3 saturated heterocycles. The van der Waals surface area contributed by atoms with Gasteiger partial charge in [-0.25, -0.2) is 14.4 Å². The predicted molar refractivity (Wildman–Crippen MR) is 471 cm³/mol. The summed E-state index contributed by atoms with van der Waals surface area (Å²) < 4.78 is 64.0. The van der Waals surface area contributed by atoms with Crippen LogP contribution in [0, 0.1) is 53.3 Å². The monoisotopic (exact) mass is 1840 g/mol. The number of nitrogens with one attached hydrogen (secondary N) is 5. The smallest absolute Gasteiger partial charge is 0.431 e. The third kappa shape index (κ3) is 36.7. The number of ether oxygens (including phenoxy) is 11. The summed E-state index contributed by atoms with van der Waals surface area (Å²) in [5.41, 5.74) is 4.51. The molecule has 3 aromatic rings. The van der Waals surface area contributed by atoms with Crippen molar-refractivity contribution in [2.75, 3.05) is 58.7 Å². The molecule has 6 rings (SSSR count). The molecule has 3 aliphatic rings. The van der Waals surface area contributed by atoms with Crippen molar-refractivity contribution in [3.63, 3.8) is 0 Å². The number of amides is 8. The molecular weight excluding hydrogens is 1700 g/mol. The molecule has 20 atom stereocenters. The van der Waals surface area contributed by atoms with E-state index >= 15 is 0 Å². The standard InChI is InChI=1S/C65H102N6O17.C24H36N2O9.2CO2.CH4/c1-20-38(6)56(52(81-18)33-54(75)71-30-24-27-49(71)58(82-19)41(9)60(77)66-42(10)57(76)45-25-22-21-23-26-45)69(16)61(78)48(36(2)3)32-50(73)55(37(4)5)70(17)64(80)83-34-46-31-47(67-53(74)35-84-68-63(79)88-65(13,14)15)28-29-51(46)87-62-59(86-44(12)72)40(8)39(7)43(11)85-62;1-13-14(2)21(33-16(4)28)22(32-15(13)3)34-19-9-8-18(10-17(19)11-27)25-20(29)12-31-26-23(30)35-24(5,6)7;2*2-1-3;/h21-23,25-26,28-29,31,36-43,48-49,52,55-59,62,76H,20,24,27,30,32-35H2,1-19H3,(H,66,77)(H,67,74)(H,68,79);8-10,13-15,21-22,27H,11-12H2,1-7H3,(H,25,29)(H,26,30);;;1H4/t38-,39?,40?,41+,42+,43?,48-,49-,52+,55-,56-,57+,58+,59?,62?;;;;/m0..../s1. The van der Waals surface area contributed by atoms with E-state index in [1.165, 1.54) is 64.3 Å². The van der Waals surface area contributed by atoms with Gasteiger partial charge in [0.15, 0.2) is 31.2 Å². The van der Waals surface area contributed by atoms with E-state index < -0.39 is 158 Å². The van der Waals surface area contributed by atoms with Crippen LogP contribution in [0.4, 0.5) is 25.8 Å². The molecule has 3 heterocycles. The third-order valence-corrected chi connectivity index (χ3v) is 22.7. The number of nitrogens with zero attached hydrogens (tertiary/aromatic N) is 3. The lowest BCUT2D eigenvalue weighted by Gasteiger charge is -2.42. The Kier molecular flexibility index (Phi) is 49.4. The maximum atomic E-state index is 15.0. The highest BCUT2D eigenvalue weighted by molar-refractivity contribution is 5.94. The van der Waals surface area contributed by atoms with Crippen molar-refractivity contribution in [1.82, 2.24) is 31.0 Å². The maximum Gasteiger partial charge on any atom is 0.431 e. The molecule has 130 heavy (non-hydrogen) atoms. The van der Waals surface area contributed by atoms with Gasteiger partial charge in [-0.15, -0.1) is 0 Å². The van der Waals surface area contributed by atoms with E-state index in [9.17, 15) is 63.0 Å². The molecule has 3 fully saturated rings. The Morgan fingerprint density at radius 1 is 0.623 bits per heavy atom. The summed E-state index contributed by atoms with van der Waals surface area (Å²) in [4.78, 5) is 192. The van der Waals surface area contributed by atoms with Gasteiger partial charge >= 0.3 is 42.5 Å². The van der Waals surface area contributed by atoms with Gasteiger partial charge < -0.3 is 93.0 Å². The molecule has 3 aromatic carbocycles. The van der Waals surface area contributed by atoms with Crippen LogP contribution in [-0.2, 0) is 123 Å². The molecule has 0 radical (unpaired) electrons. The number of Topliss-reactive ketones (excluding diaryl/α,β-unsaturated/α-hetero) is 1. The number of carbonyl (C=O) groups is 11. The van der Waals surface area contributed by atoms with Gasteiger partial charge in [0, 0.05) is 95.4 Å². The summed E-state index contributed by atoms with van der Waals surface area (Å²) in [6.07, 6.45) is -6.67. The van der Waals surface area contributed by atoms with Crippen molar-refractivity contribution < 1.29 is 144 Å². The largest absolute Gasteiger partial charge is 0.460 e. The molecule has 0 saturated carbocycles. The summed E-state index contributed by atoms with van der Waals surface area (Å²) in [5, 5.41) is 29.1. The van der Waals surface area contributed by atoms with Gasteiger partial charge in [0.2, 0.25) is 30.3 Å². The number of aliphatic hydroxyl groups is 2. The van der Waals surface area contributed by atoms with E-state index in [2.05, 4.69) is 21.4 Å². The highest BCUT2D eigenvalue weighted by Crippen LogP contribution is 2.39. The van der Waals surface area contributed by atoms with E-state index in [0.717, 1.165) is 0 Å². The average Bonchev–Trinajstić information content (AvgIpc) is 1.13. The molecule has 38 nitrogen and oxygen atoms in total. The number of likely N-dealkylation sites (tertiary alicyclic amines) is 1. The summed E-state index contributed by atoms with van der Waals surface area (Å²) in [7, 11) is 6.15. The molecule has 0 spiro atoms. The van der Waals surface area contributed by atoms with Crippen LogP contribution in [0.5, 0.6) is 11.5 Å². The molecule has 0 bridgehead atoms. The number of carbonyl (C=O) groups excluding carboxylic acids is 15. The number of benzene rings is 3. The van der Waals surface area contributed by atoms with Crippen LogP contribution in [0.25, 0.3) is 0 Å². The Labute approximate surface area is 763 Å². The maximum absolute atomic E-state index is 15.0. The number of hydroxylamine groups is 2. The van der Waals surface area contributed by atoms with E-state index in [-0.39, 0.29) is 127 Å². The minimum atomic E-state index is -1.08. The zero-order valence-electron chi connectivity index (χ0n) is 79.3. The fourth-order valence-corrected chi connectivity index (χ4v) is 15.3. The third-order valence-electron chi connectivity index (χ3n) is 22.7. The van der Waals surface area contributed by atoms with Crippen LogP contribution >= 0.6 is 0 Å². The van der Waals surface area contributed by atoms with Gasteiger partial charge in [-0.2, -0.15) is 30.1 Å². The fraction of sp³-hybridized carbons (Fsp3) is 0.663. The van der Waals surface area contributed by atoms with Crippen molar-refractivity contribution in [2.45, 2.75) is 296 Å². The Hall–Kier alpha value is -10.5. The van der Waals surface area contributed by atoms with Crippen molar-refractivity contribution >= 4 is 89.2 Å². The molecule has 0 aromatic heterocycles. The number of likely N-dealkylation sites (N-methyl/N-ethyl adjacent to an activating group) is 2. The number of hydrogen-bond donors (Lipinski definition) is 7. The molecule has 730 valence electrons. The zero-order valence-corrected chi connectivity index (χ0v) is 79.3. The van der Waals surface area contributed by atoms with Gasteiger partial charge in [-0.1, -0.05) is 120 Å². The second kappa shape index (κ2) is 55.6. The van der Waals surface area contributed by atoms with Crippen molar-refractivity contribution in [3.8, 4) is 11.5 Å². The van der Waals surface area contributed by atoms with E-state index in [4.69, 9.17) is 81.0 Å². The lowest BCUT2D eigenvalue weighted by atomic mass is 9.83. The van der Waals surface area contributed by atoms with E-state index in [1.54, 1.807) is 110 Å². The summed E-state index contributed by atoms with van der Waals surface area (Å²) in [5.74, 6) is -5.49. The number of rotatable bonds is 38. The Morgan fingerprint density at radius 2 is 1.08 bits per heavy atom. The SMILES string of the molecule is C.CC(=O)OC1C(Oc2ccc(NC(=O)CONC(=O)OC(C)(C)C)cc2CO)OC(C)C(C)C1C.CC[C@H](C)[C@@H]([C@@H](CC(=O)N1CCC[C@H]1[C@H](OC)[C@@H](C)C(=O)N[C@H](C)[C@@H](O)c1ccccc1)OC)N(C)C(=O)[C@@H](CC(=O)[C@H](C(C)C)N(C)C(=O)OCc1cc(NC(=O)CONC(=O)OC(C)(C)C)ccc1OC1OC(C)C(C)C(C)C1OC(C)=O)C(C)C.O=C=O.O=C=O.